The van der Waals surface area contributed by atoms with E-state index < -0.39 is 7.60 Å². The van der Waals surface area contributed by atoms with Gasteiger partial charge in [0.2, 0.25) is 0 Å². The normalized spacial score (nSPS) is 11.8. The van der Waals surface area contributed by atoms with E-state index in [2.05, 4.69) is 4.79 Å². The summed E-state index contributed by atoms with van der Waals surface area (Å²) in [4.78, 5) is 2.68. The van der Waals surface area contributed by atoms with Crippen molar-refractivity contribution in [2.24, 2.45) is 0 Å². The topological polar surface area (TPSA) is 71.9 Å². The third-order valence-electron chi connectivity index (χ3n) is 0.909. The van der Waals surface area contributed by atoms with Crippen molar-refractivity contribution in [1.29, 1.82) is 0 Å². The average molecular weight is 206 g/mol. The van der Waals surface area contributed by atoms with Crippen LogP contribution in [0.4, 0.5) is 0 Å². The highest BCUT2D eigenvalue weighted by Gasteiger charge is 2.30. The molecule has 0 heterocycles. The molecule has 76 valence electrons. The summed E-state index contributed by atoms with van der Waals surface area (Å²) in [5.41, 5.74) is 8.26. The van der Waals surface area contributed by atoms with E-state index in [9.17, 15) is 4.57 Å². The van der Waals surface area contributed by atoms with Gasteiger partial charge in [0.15, 0.2) is 0 Å². The van der Waals surface area contributed by atoms with Crippen LogP contribution in [0, 0.1) is 0 Å². The molecule has 0 rings (SSSR count). The average Bonchev–Trinajstić information content (AvgIpc) is 1.81. The van der Waals surface area contributed by atoms with Gasteiger partial charge in [0.25, 0.3) is 0 Å². The van der Waals surface area contributed by atoms with Gasteiger partial charge in [0, 0.05) is 0 Å². The van der Waals surface area contributed by atoms with E-state index in [4.69, 9.17) is 14.6 Å². The van der Waals surface area contributed by atoms with Crippen molar-refractivity contribution >= 4 is 13.6 Å². The second-order valence-corrected chi connectivity index (χ2v) is 4.81. The monoisotopic (exact) mass is 206 g/mol. The van der Waals surface area contributed by atoms with E-state index in [0.29, 0.717) is 0 Å². The number of rotatable bonds is 5. The van der Waals surface area contributed by atoms with Gasteiger partial charge in [-0.3, -0.25) is 9.05 Å². The van der Waals surface area contributed by atoms with Crippen LogP contribution >= 0.6 is 7.60 Å². The fourth-order valence-electron chi connectivity index (χ4n) is 0.730. The Bertz CT molecular complexity index is 232. The molecule has 0 spiro atoms. The van der Waals surface area contributed by atoms with Gasteiger partial charge in [-0.15, -0.1) is 0 Å². The quantitative estimate of drug-likeness (QED) is 0.300. The number of nitrogens with zero attached hydrogens (tertiary/aromatic N) is 2. The van der Waals surface area contributed by atoms with Gasteiger partial charge in [0.05, 0.1) is 12.2 Å². The maximum atomic E-state index is 11.7. The summed E-state index contributed by atoms with van der Waals surface area (Å²) in [7, 11) is -3.37. The molecule has 0 aliphatic carbocycles. The van der Waals surface area contributed by atoms with Gasteiger partial charge in [-0.25, -0.2) is 4.57 Å². The van der Waals surface area contributed by atoms with E-state index in [0.717, 1.165) is 5.96 Å². The van der Waals surface area contributed by atoms with Crippen LogP contribution in [-0.2, 0) is 13.6 Å². The maximum absolute atomic E-state index is 11.7. The molecule has 0 saturated heterocycles. The summed E-state index contributed by atoms with van der Waals surface area (Å²) in [6.07, 6.45) is -0.495. The fraction of sp³-hybridized carbons (Fsp3) is 0.857. The Labute approximate surface area is 78.2 Å². The zero-order chi connectivity index (χ0) is 10.5. The van der Waals surface area contributed by atoms with Crippen molar-refractivity contribution in [3.63, 3.8) is 0 Å². The lowest BCUT2D eigenvalue weighted by Gasteiger charge is -2.15. The molecule has 0 aromatic heterocycles. The van der Waals surface area contributed by atoms with Crippen LogP contribution in [0.25, 0.3) is 5.53 Å². The summed E-state index contributed by atoms with van der Waals surface area (Å²) in [6, 6.07) is 0. The second-order valence-electron chi connectivity index (χ2n) is 3.08. The Balaban J connectivity index is 4.53. The van der Waals surface area contributed by atoms with Crippen molar-refractivity contribution in [2.75, 3.05) is 0 Å². The van der Waals surface area contributed by atoms with Crippen molar-refractivity contribution in [3.05, 3.63) is 5.53 Å². The molecule has 13 heavy (non-hydrogen) atoms. The zero-order valence-corrected chi connectivity index (χ0v) is 9.19. The SMILES string of the molecule is CC(C)OP(=O)(C=[N+]=[N-])OC(C)C. The first-order chi connectivity index (χ1) is 5.89. The first kappa shape index (κ1) is 12.5. The predicted octanol–water partition coefficient (Wildman–Crippen LogP) is 2.29. The van der Waals surface area contributed by atoms with Crippen LogP contribution < -0.4 is 0 Å². The summed E-state index contributed by atoms with van der Waals surface area (Å²) in [5.74, 6) is 0.799. The molecule has 0 atom stereocenters. The van der Waals surface area contributed by atoms with Crippen LogP contribution in [-0.4, -0.2) is 23.0 Å². The largest absolute Gasteiger partial charge is 0.434 e. The van der Waals surface area contributed by atoms with Gasteiger partial charge in [-0.2, -0.15) is 4.79 Å². The van der Waals surface area contributed by atoms with Crippen LogP contribution in [0.1, 0.15) is 27.7 Å². The van der Waals surface area contributed by atoms with Crippen LogP contribution in [0.3, 0.4) is 0 Å². The second kappa shape index (κ2) is 5.30. The molecule has 0 aliphatic rings. The fourth-order valence-corrected chi connectivity index (χ4v) is 2.19. The summed E-state index contributed by atoms with van der Waals surface area (Å²) < 4.78 is 21.7. The van der Waals surface area contributed by atoms with Gasteiger partial charge in [-0.1, -0.05) is 0 Å². The minimum Gasteiger partial charge on any atom is -0.361 e. The lowest BCUT2D eigenvalue weighted by Crippen LogP contribution is -2.08. The first-order valence-electron chi connectivity index (χ1n) is 4.04. The van der Waals surface area contributed by atoms with E-state index >= 15 is 0 Å². The Kier molecular flexibility index (Phi) is 5.11. The molecule has 0 aromatic rings. The molecule has 0 fully saturated rings. The number of hydrogen-bond acceptors (Lipinski definition) is 3. The molecule has 0 aromatic carbocycles. The van der Waals surface area contributed by atoms with E-state index in [1.54, 1.807) is 27.7 Å². The molecule has 0 N–H and O–H groups in total. The van der Waals surface area contributed by atoms with Gasteiger partial charge in [0.1, 0.15) is 0 Å². The lowest BCUT2D eigenvalue weighted by atomic mass is 10.5. The minimum atomic E-state index is -3.37. The molecule has 0 bridgehead atoms. The third kappa shape index (κ3) is 5.72. The van der Waals surface area contributed by atoms with Crippen molar-refractivity contribution in [3.8, 4) is 0 Å². The van der Waals surface area contributed by atoms with Crippen molar-refractivity contribution in [1.82, 2.24) is 0 Å². The smallest absolute Gasteiger partial charge is 0.361 e. The number of hydrogen-bond donors (Lipinski definition) is 0. The molecule has 0 amide bonds. The molecule has 0 unspecified atom stereocenters. The predicted molar refractivity (Wildman–Crippen MR) is 49.7 cm³/mol. The summed E-state index contributed by atoms with van der Waals surface area (Å²) in [5, 5.41) is 0. The minimum absolute atomic E-state index is 0.248. The van der Waals surface area contributed by atoms with E-state index in [1.807, 2.05) is 0 Å². The molecular weight excluding hydrogens is 191 g/mol. The van der Waals surface area contributed by atoms with Gasteiger partial charge >= 0.3 is 13.6 Å². The Hall–Kier alpha value is -0.470. The summed E-state index contributed by atoms with van der Waals surface area (Å²) >= 11 is 0. The highest BCUT2D eigenvalue weighted by atomic mass is 31.2. The molecule has 0 aliphatic heterocycles. The molecule has 0 saturated carbocycles. The van der Waals surface area contributed by atoms with Crippen molar-refractivity contribution in [2.45, 2.75) is 39.9 Å². The standard InChI is InChI=1S/C7H15N2O3P/c1-6(2)11-13(10,5-9-8)12-7(3)4/h5-7H,1-4H3. The van der Waals surface area contributed by atoms with Gasteiger partial charge < -0.3 is 5.53 Å². The summed E-state index contributed by atoms with van der Waals surface area (Å²) in [6.45, 7) is 6.90. The van der Waals surface area contributed by atoms with Crippen LogP contribution in [0.2, 0.25) is 0 Å². The van der Waals surface area contributed by atoms with Crippen LogP contribution in [0.15, 0.2) is 0 Å². The molecule has 6 heteroatoms. The molecule has 0 radical (unpaired) electrons. The van der Waals surface area contributed by atoms with Crippen LogP contribution in [0.5, 0.6) is 0 Å². The lowest BCUT2D eigenvalue weighted by molar-refractivity contribution is 0.00318. The first-order valence-corrected chi connectivity index (χ1v) is 5.66. The van der Waals surface area contributed by atoms with Crippen molar-refractivity contribution < 1.29 is 18.4 Å². The molecule has 5 nitrogen and oxygen atoms in total. The zero-order valence-electron chi connectivity index (χ0n) is 8.30. The maximum Gasteiger partial charge on any atom is 0.434 e. The Morgan fingerprint density at radius 1 is 1.23 bits per heavy atom. The van der Waals surface area contributed by atoms with E-state index in [1.165, 1.54) is 0 Å². The van der Waals surface area contributed by atoms with Gasteiger partial charge in [-0.05, 0) is 27.7 Å². The Morgan fingerprint density at radius 2 is 1.62 bits per heavy atom. The highest BCUT2D eigenvalue weighted by Crippen LogP contribution is 2.47. The third-order valence-corrected chi connectivity index (χ3v) is 2.73. The Morgan fingerprint density at radius 3 is 1.85 bits per heavy atom. The highest BCUT2D eigenvalue weighted by molar-refractivity contribution is 7.69. The molecular formula is C7H15N2O3P. The van der Waals surface area contributed by atoms with E-state index in [-0.39, 0.29) is 12.2 Å².